The van der Waals surface area contributed by atoms with Gasteiger partial charge in [0.25, 0.3) is 11.8 Å². The average Bonchev–Trinajstić information content (AvgIpc) is 2.68. The minimum atomic E-state index is -0.355. The second kappa shape index (κ2) is 8.31. The third-order valence-electron chi connectivity index (χ3n) is 4.60. The Balaban J connectivity index is 1.58. The van der Waals surface area contributed by atoms with E-state index in [1.165, 1.54) is 17.7 Å². The van der Waals surface area contributed by atoms with Crippen LogP contribution in [0, 0.1) is 5.82 Å². The second-order valence-electron chi connectivity index (χ2n) is 6.90. The van der Waals surface area contributed by atoms with Crippen LogP contribution in [0.15, 0.2) is 48.5 Å². The Hall–Kier alpha value is -2.73. The summed E-state index contributed by atoms with van der Waals surface area (Å²) < 4.78 is 18.6. The summed E-state index contributed by atoms with van der Waals surface area (Å²) >= 11 is 0. The molecule has 0 saturated carbocycles. The molecule has 0 bridgehead atoms. The van der Waals surface area contributed by atoms with Crippen molar-refractivity contribution >= 4 is 17.5 Å². The molecule has 3 rings (SSSR count). The molecule has 5 nitrogen and oxygen atoms in total. The Morgan fingerprint density at radius 1 is 1.19 bits per heavy atom. The molecule has 1 saturated heterocycles. The van der Waals surface area contributed by atoms with Gasteiger partial charge in [0, 0.05) is 17.8 Å². The molecule has 6 heteroatoms. The predicted octanol–water partition coefficient (Wildman–Crippen LogP) is 3.11. The number of morpholine rings is 1. The van der Waals surface area contributed by atoms with Crippen LogP contribution in [0.2, 0.25) is 0 Å². The predicted molar refractivity (Wildman–Crippen MR) is 101 cm³/mol. The van der Waals surface area contributed by atoms with Gasteiger partial charge in [0.15, 0.2) is 0 Å². The van der Waals surface area contributed by atoms with Gasteiger partial charge in [0.1, 0.15) is 12.4 Å². The van der Waals surface area contributed by atoms with Crippen LogP contribution >= 0.6 is 0 Å². The molecule has 1 fully saturated rings. The third-order valence-corrected chi connectivity index (χ3v) is 4.60. The van der Waals surface area contributed by atoms with Crippen molar-refractivity contribution in [3.63, 3.8) is 0 Å². The van der Waals surface area contributed by atoms with Crippen molar-refractivity contribution in [2.45, 2.75) is 25.9 Å². The molecule has 1 heterocycles. The highest BCUT2D eigenvalue weighted by Gasteiger charge is 2.27. The monoisotopic (exact) mass is 370 g/mol. The topological polar surface area (TPSA) is 58.6 Å². The summed E-state index contributed by atoms with van der Waals surface area (Å²) in [5.41, 5.74) is 2.38. The summed E-state index contributed by atoms with van der Waals surface area (Å²) in [6, 6.07) is 13.3. The molecule has 27 heavy (non-hydrogen) atoms. The minimum Gasteiger partial charge on any atom is -0.365 e. The Bertz CT molecular complexity index is 803. The highest BCUT2D eigenvalue weighted by molar-refractivity contribution is 5.95. The van der Waals surface area contributed by atoms with Gasteiger partial charge in [0.2, 0.25) is 0 Å². The Labute approximate surface area is 158 Å². The lowest BCUT2D eigenvalue weighted by atomic mass is 10.0. The summed E-state index contributed by atoms with van der Waals surface area (Å²) in [7, 11) is 0. The van der Waals surface area contributed by atoms with Gasteiger partial charge < -0.3 is 15.0 Å². The smallest absolute Gasteiger partial charge is 0.253 e. The Morgan fingerprint density at radius 2 is 1.85 bits per heavy atom. The van der Waals surface area contributed by atoms with Crippen molar-refractivity contribution in [1.29, 1.82) is 0 Å². The molecule has 0 spiro atoms. The molecule has 2 aromatic rings. The fraction of sp³-hybridized carbons (Fsp3) is 0.333. The number of halogens is 1. The molecule has 2 amide bonds. The number of anilines is 1. The number of hydrogen-bond donors (Lipinski definition) is 1. The maximum absolute atomic E-state index is 13.1. The van der Waals surface area contributed by atoms with Gasteiger partial charge in [0.05, 0.1) is 12.6 Å². The summed E-state index contributed by atoms with van der Waals surface area (Å²) in [6.07, 6.45) is -0.327. The first-order valence-electron chi connectivity index (χ1n) is 8.99. The maximum atomic E-state index is 13.1. The normalized spacial score (nSPS) is 17.3. The van der Waals surface area contributed by atoms with Gasteiger partial charge in [-0.1, -0.05) is 26.0 Å². The largest absolute Gasteiger partial charge is 0.365 e. The zero-order valence-corrected chi connectivity index (χ0v) is 15.4. The first-order chi connectivity index (χ1) is 12.9. The van der Waals surface area contributed by atoms with E-state index in [2.05, 4.69) is 19.2 Å². The molecule has 1 atom stereocenters. The maximum Gasteiger partial charge on any atom is 0.253 e. The van der Waals surface area contributed by atoms with Crippen LogP contribution in [-0.4, -0.2) is 37.6 Å². The van der Waals surface area contributed by atoms with Gasteiger partial charge in [-0.3, -0.25) is 9.59 Å². The third kappa shape index (κ3) is 4.71. The van der Waals surface area contributed by atoms with E-state index in [0.717, 1.165) is 0 Å². The lowest BCUT2D eigenvalue weighted by Gasteiger charge is -2.32. The van der Waals surface area contributed by atoms with Crippen LogP contribution in [0.25, 0.3) is 0 Å². The Morgan fingerprint density at radius 3 is 2.48 bits per heavy atom. The first-order valence-corrected chi connectivity index (χ1v) is 8.99. The minimum absolute atomic E-state index is 0.0685. The molecule has 1 aliphatic heterocycles. The number of hydrogen-bond acceptors (Lipinski definition) is 3. The number of benzene rings is 2. The van der Waals surface area contributed by atoms with Gasteiger partial charge in [-0.05, 0) is 47.9 Å². The molecule has 1 unspecified atom stereocenters. The SMILES string of the molecule is CC(C)c1ccc(C(=O)NCC2CN(c3ccc(F)cc3)C(=O)CO2)cc1. The van der Waals surface area contributed by atoms with Gasteiger partial charge >= 0.3 is 0 Å². The molecular formula is C21H23FN2O3. The standard InChI is InChI=1S/C21H23FN2O3/c1-14(2)15-3-5-16(6-4-15)21(26)23-11-19-12-24(20(25)13-27-19)18-9-7-17(22)8-10-18/h3-10,14,19H,11-13H2,1-2H3,(H,23,26). The van der Waals surface area contributed by atoms with E-state index in [4.69, 9.17) is 4.74 Å². The number of carbonyl (C=O) groups is 2. The number of carbonyl (C=O) groups excluding carboxylic acids is 2. The second-order valence-corrected chi connectivity index (χ2v) is 6.90. The van der Waals surface area contributed by atoms with E-state index >= 15 is 0 Å². The van der Waals surface area contributed by atoms with Crippen molar-refractivity contribution in [2.24, 2.45) is 0 Å². The number of nitrogens with one attached hydrogen (secondary N) is 1. The molecule has 0 aromatic heterocycles. The van der Waals surface area contributed by atoms with Crippen LogP contribution < -0.4 is 10.2 Å². The van der Waals surface area contributed by atoms with Crippen LogP contribution in [0.4, 0.5) is 10.1 Å². The van der Waals surface area contributed by atoms with E-state index in [1.807, 2.05) is 12.1 Å². The van der Waals surface area contributed by atoms with Crippen LogP contribution in [0.1, 0.15) is 35.7 Å². The molecule has 0 radical (unpaired) electrons. The van der Waals surface area contributed by atoms with E-state index in [0.29, 0.717) is 23.7 Å². The van der Waals surface area contributed by atoms with Crippen molar-refractivity contribution in [2.75, 3.05) is 24.6 Å². The van der Waals surface area contributed by atoms with Crippen molar-refractivity contribution in [1.82, 2.24) is 5.32 Å². The van der Waals surface area contributed by atoms with Crippen molar-refractivity contribution < 1.29 is 18.7 Å². The summed E-state index contributed by atoms with van der Waals surface area (Å²) in [4.78, 5) is 26.0. The summed E-state index contributed by atoms with van der Waals surface area (Å²) in [5.74, 6) is -0.313. The highest BCUT2D eigenvalue weighted by Crippen LogP contribution is 2.19. The van der Waals surface area contributed by atoms with Gasteiger partial charge in [-0.2, -0.15) is 0 Å². The fourth-order valence-electron chi connectivity index (χ4n) is 2.95. The number of amides is 2. The van der Waals surface area contributed by atoms with E-state index in [9.17, 15) is 14.0 Å². The number of nitrogens with zero attached hydrogens (tertiary/aromatic N) is 1. The van der Waals surface area contributed by atoms with E-state index in [1.54, 1.807) is 29.2 Å². The van der Waals surface area contributed by atoms with E-state index < -0.39 is 0 Å². The van der Waals surface area contributed by atoms with Gasteiger partial charge in [-0.15, -0.1) is 0 Å². The summed E-state index contributed by atoms with van der Waals surface area (Å²) in [6.45, 7) is 4.72. The van der Waals surface area contributed by atoms with Crippen LogP contribution in [-0.2, 0) is 9.53 Å². The van der Waals surface area contributed by atoms with Crippen molar-refractivity contribution in [3.8, 4) is 0 Å². The lowest BCUT2D eigenvalue weighted by Crippen LogP contribution is -2.50. The van der Waals surface area contributed by atoms with E-state index in [-0.39, 0.29) is 36.9 Å². The first kappa shape index (κ1) is 19.0. The van der Waals surface area contributed by atoms with Crippen LogP contribution in [0.5, 0.6) is 0 Å². The summed E-state index contributed by atoms with van der Waals surface area (Å²) in [5, 5.41) is 2.85. The molecule has 2 aromatic carbocycles. The van der Waals surface area contributed by atoms with Gasteiger partial charge in [-0.25, -0.2) is 4.39 Å². The number of ether oxygens (including phenoxy) is 1. The van der Waals surface area contributed by atoms with Crippen molar-refractivity contribution in [3.05, 3.63) is 65.5 Å². The fourth-order valence-corrected chi connectivity index (χ4v) is 2.95. The lowest BCUT2D eigenvalue weighted by molar-refractivity contribution is -0.129. The Kier molecular flexibility index (Phi) is 5.86. The average molecular weight is 370 g/mol. The molecule has 1 aliphatic rings. The molecule has 142 valence electrons. The zero-order valence-electron chi connectivity index (χ0n) is 15.4. The zero-order chi connectivity index (χ0) is 19.4. The van der Waals surface area contributed by atoms with Crippen LogP contribution in [0.3, 0.4) is 0 Å². The molecular weight excluding hydrogens is 347 g/mol. The number of rotatable bonds is 5. The quantitative estimate of drug-likeness (QED) is 0.880. The molecule has 1 N–H and O–H groups in total. The molecule has 0 aliphatic carbocycles. The highest BCUT2D eigenvalue weighted by atomic mass is 19.1.